The molecule has 0 aliphatic heterocycles. The van der Waals surface area contributed by atoms with Crippen molar-refractivity contribution in [2.45, 2.75) is 31.2 Å². The Morgan fingerprint density at radius 3 is 2.48 bits per heavy atom. The molecule has 1 rings (SSSR count). The molecule has 0 spiro atoms. The molecule has 23 heavy (non-hydrogen) atoms. The predicted octanol–water partition coefficient (Wildman–Crippen LogP) is 1.38. The van der Waals surface area contributed by atoms with Gasteiger partial charge in [-0.15, -0.1) is 0 Å². The van der Waals surface area contributed by atoms with Crippen molar-refractivity contribution in [3.63, 3.8) is 0 Å². The number of nitrogens with zero attached hydrogens (tertiary/aromatic N) is 1. The van der Waals surface area contributed by atoms with Crippen LogP contribution in [-0.4, -0.2) is 37.6 Å². The maximum atomic E-state index is 12.4. The Labute approximate surface area is 133 Å². The molecule has 10 heteroatoms. The second-order valence-electron chi connectivity index (χ2n) is 5.23. The van der Waals surface area contributed by atoms with Crippen molar-refractivity contribution in [2.24, 2.45) is 5.92 Å². The van der Waals surface area contributed by atoms with Gasteiger partial charge in [-0.05, 0) is 18.4 Å². The van der Waals surface area contributed by atoms with Gasteiger partial charge in [-0.2, -0.15) is 4.72 Å². The van der Waals surface area contributed by atoms with Gasteiger partial charge in [-0.3, -0.25) is 14.9 Å². The van der Waals surface area contributed by atoms with Crippen LogP contribution in [0.25, 0.3) is 0 Å². The fourth-order valence-electron chi connectivity index (χ4n) is 1.91. The number of ether oxygens (including phenoxy) is 1. The van der Waals surface area contributed by atoms with E-state index >= 15 is 0 Å². The third-order valence-corrected chi connectivity index (χ3v) is 4.44. The van der Waals surface area contributed by atoms with Gasteiger partial charge in [-0.1, -0.05) is 13.8 Å². The van der Waals surface area contributed by atoms with Crippen molar-refractivity contribution in [1.82, 2.24) is 4.72 Å². The first-order valence-electron chi connectivity index (χ1n) is 6.66. The molecular formula is C13H18N2O7S. The third-order valence-electron chi connectivity index (χ3n) is 2.95. The molecule has 0 amide bonds. The summed E-state index contributed by atoms with van der Waals surface area (Å²) in [6, 6.07) is 1.73. The smallest absolute Gasteiger partial charge is 0.321 e. The number of carbonyl (C=O) groups is 1. The topological polar surface area (TPSA) is 136 Å². The van der Waals surface area contributed by atoms with E-state index in [4.69, 9.17) is 9.84 Å². The summed E-state index contributed by atoms with van der Waals surface area (Å²) in [5, 5.41) is 19.9. The molecule has 1 atom stereocenters. The van der Waals surface area contributed by atoms with E-state index in [1.54, 1.807) is 13.8 Å². The van der Waals surface area contributed by atoms with E-state index in [1.165, 1.54) is 7.11 Å². The molecule has 128 valence electrons. The lowest BCUT2D eigenvalue weighted by Gasteiger charge is -2.17. The van der Waals surface area contributed by atoms with Crippen molar-refractivity contribution in [3.05, 3.63) is 28.3 Å². The number of aliphatic carboxylic acids is 1. The number of methoxy groups -OCH3 is 1. The summed E-state index contributed by atoms with van der Waals surface area (Å²) >= 11 is 0. The van der Waals surface area contributed by atoms with Gasteiger partial charge < -0.3 is 9.84 Å². The number of nitrogens with one attached hydrogen (secondary N) is 1. The first-order valence-corrected chi connectivity index (χ1v) is 8.14. The van der Waals surface area contributed by atoms with Crippen LogP contribution in [0, 0.1) is 16.0 Å². The second kappa shape index (κ2) is 7.38. The Morgan fingerprint density at radius 2 is 2.04 bits per heavy atom. The van der Waals surface area contributed by atoms with Crippen molar-refractivity contribution in [2.75, 3.05) is 7.11 Å². The lowest BCUT2D eigenvalue weighted by atomic mass is 10.1. The van der Waals surface area contributed by atoms with Crippen LogP contribution in [0.4, 0.5) is 5.69 Å². The highest BCUT2D eigenvalue weighted by Gasteiger charge is 2.29. The van der Waals surface area contributed by atoms with Crippen molar-refractivity contribution < 1.29 is 28.0 Å². The van der Waals surface area contributed by atoms with Crippen LogP contribution in [0.15, 0.2) is 23.1 Å². The van der Waals surface area contributed by atoms with Crippen molar-refractivity contribution >= 4 is 21.7 Å². The Balaban J connectivity index is 3.28. The summed E-state index contributed by atoms with van der Waals surface area (Å²) in [5.41, 5.74) is -0.443. The zero-order chi connectivity index (χ0) is 17.8. The van der Waals surface area contributed by atoms with Gasteiger partial charge >= 0.3 is 5.97 Å². The quantitative estimate of drug-likeness (QED) is 0.536. The number of carboxylic acid groups (broad SMARTS) is 1. The van der Waals surface area contributed by atoms with Crippen LogP contribution < -0.4 is 9.46 Å². The number of non-ortho nitro benzene ring substituents is 1. The first-order chi connectivity index (χ1) is 10.6. The van der Waals surface area contributed by atoms with Crippen molar-refractivity contribution in [1.29, 1.82) is 0 Å². The molecule has 0 aliphatic rings. The van der Waals surface area contributed by atoms with Gasteiger partial charge in [0.25, 0.3) is 5.69 Å². The summed E-state index contributed by atoms with van der Waals surface area (Å²) in [7, 11) is -3.10. The molecule has 1 aromatic rings. The number of carboxylic acids is 1. The normalized spacial score (nSPS) is 12.9. The Hall–Kier alpha value is -2.20. The molecule has 1 aromatic carbocycles. The number of sulfonamides is 1. The highest BCUT2D eigenvalue weighted by molar-refractivity contribution is 7.89. The van der Waals surface area contributed by atoms with Crippen molar-refractivity contribution in [3.8, 4) is 5.75 Å². The summed E-state index contributed by atoms with van der Waals surface area (Å²) in [5.74, 6) is -1.51. The van der Waals surface area contributed by atoms with Crippen LogP contribution in [0.1, 0.15) is 20.3 Å². The maximum Gasteiger partial charge on any atom is 0.321 e. The molecule has 0 bridgehead atoms. The van der Waals surface area contributed by atoms with Gasteiger partial charge in [0, 0.05) is 12.1 Å². The lowest BCUT2D eigenvalue weighted by Crippen LogP contribution is -2.41. The van der Waals surface area contributed by atoms with Gasteiger partial charge in [0.15, 0.2) is 0 Å². The first kappa shape index (κ1) is 18.8. The molecule has 2 N–H and O–H groups in total. The average molecular weight is 346 g/mol. The highest BCUT2D eigenvalue weighted by atomic mass is 32.2. The van der Waals surface area contributed by atoms with Crippen LogP contribution >= 0.6 is 0 Å². The van der Waals surface area contributed by atoms with Gasteiger partial charge in [-0.25, -0.2) is 8.42 Å². The Morgan fingerprint density at radius 1 is 1.43 bits per heavy atom. The molecule has 0 aromatic heterocycles. The molecule has 0 heterocycles. The van der Waals surface area contributed by atoms with E-state index in [2.05, 4.69) is 4.72 Å². The highest BCUT2D eigenvalue weighted by Crippen LogP contribution is 2.28. The molecule has 1 unspecified atom stereocenters. The zero-order valence-corrected chi connectivity index (χ0v) is 13.7. The number of hydrogen-bond acceptors (Lipinski definition) is 6. The second-order valence-corrected chi connectivity index (χ2v) is 6.92. The minimum Gasteiger partial charge on any atom is -0.495 e. The molecule has 9 nitrogen and oxygen atoms in total. The maximum absolute atomic E-state index is 12.4. The number of nitro groups is 1. The van der Waals surface area contributed by atoms with Gasteiger partial charge in [0.1, 0.15) is 16.7 Å². The van der Waals surface area contributed by atoms with E-state index in [1.807, 2.05) is 0 Å². The molecule has 0 aliphatic carbocycles. The molecule has 0 saturated heterocycles. The fourth-order valence-corrected chi connectivity index (χ4v) is 3.30. The average Bonchev–Trinajstić information content (AvgIpc) is 2.44. The van der Waals surface area contributed by atoms with E-state index in [-0.39, 0.29) is 18.1 Å². The lowest BCUT2D eigenvalue weighted by molar-refractivity contribution is -0.385. The van der Waals surface area contributed by atoms with Crippen LogP contribution in [-0.2, 0) is 14.8 Å². The minimum atomic E-state index is -4.31. The summed E-state index contributed by atoms with van der Waals surface area (Å²) in [6.45, 7) is 3.50. The van der Waals surface area contributed by atoms with E-state index < -0.39 is 37.5 Å². The number of benzene rings is 1. The van der Waals surface area contributed by atoms with E-state index in [0.29, 0.717) is 0 Å². The molecule has 0 fully saturated rings. The predicted molar refractivity (Wildman–Crippen MR) is 80.8 cm³/mol. The summed E-state index contributed by atoms with van der Waals surface area (Å²) in [4.78, 5) is 20.8. The Bertz CT molecular complexity index is 700. The van der Waals surface area contributed by atoms with Gasteiger partial charge in [0.2, 0.25) is 10.0 Å². The monoisotopic (exact) mass is 346 g/mol. The van der Waals surface area contributed by atoms with Gasteiger partial charge in [0.05, 0.1) is 12.0 Å². The SMILES string of the molecule is COc1ccc([N+](=O)[O-])cc1S(=O)(=O)NC(CC(C)C)C(=O)O. The third kappa shape index (κ3) is 4.89. The largest absolute Gasteiger partial charge is 0.495 e. The fraction of sp³-hybridized carbons (Fsp3) is 0.462. The zero-order valence-electron chi connectivity index (χ0n) is 12.8. The minimum absolute atomic E-state index is 0.0641. The summed E-state index contributed by atoms with van der Waals surface area (Å²) in [6.07, 6.45) is 0.0752. The summed E-state index contributed by atoms with van der Waals surface area (Å²) < 4.78 is 31.8. The number of hydrogen-bond donors (Lipinski definition) is 2. The standard InChI is InChI=1S/C13H18N2O7S/c1-8(2)6-10(13(16)17)14-23(20,21)12-7-9(15(18)19)4-5-11(12)22-3/h4-5,7-8,10,14H,6H2,1-3H3,(H,16,17). The van der Waals surface area contributed by atoms with E-state index in [9.17, 15) is 23.3 Å². The van der Waals surface area contributed by atoms with Crippen LogP contribution in [0.5, 0.6) is 5.75 Å². The molecule has 0 radical (unpaired) electrons. The number of nitro benzene ring substituents is 1. The van der Waals surface area contributed by atoms with Crippen LogP contribution in [0.3, 0.4) is 0 Å². The van der Waals surface area contributed by atoms with E-state index in [0.717, 1.165) is 18.2 Å². The van der Waals surface area contributed by atoms with Crippen LogP contribution in [0.2, 0.25) is 0 Å². The molecular weight excluding hydrogens is 328 g/mol. The number of rotatable bonds is 8. The Kier molecular flexibility index (Phi) is 6.05. The molecule has 0 saturated carbocycles.